The van der Waals surface area contributed by atoms with Crippen LogP contribution in [0.1, 0.15) is 34.0 Å². The molecule has 0 saturated carbocycles. The van der Waals surface area contributed by atoms with Crippen molar-refractivity contribution < 1.29 is 0 Å². The number of nitrogens with one attached hydrogen (secondary N) is 2. The van der Waals surface area contributed by atoms with Gasteiger partial charge < -0.3 is 0 Å². The fourth-order valence-electron chi connectivity index (χ4n) is 4.49. The van der Waals surface area contributed by atoms with Gasteiger partial charge in [-0.05, 0) is 55.8 Å². The quantitative estimate of drug-likeness (QED) is 0.319. The van der Waals surface area contributed by atoms with Crippen molar-refractivity contribution in [3.63, 3.8) is 0 Å². The van der Waals surface area contributed by atoms with Crippen LogP contribution in [0.5, 0.6) is 0 Å². The molecule has 35 heavy (non-hydrogen) atoms. The Bertz CT molecular complexity index is 1530. The summed E-state index contributed by atoms with van der Waals surface area (Å²) >= 11 is 12.6. The number of hydrogen-bond donors (Lipinski definition) is 2. The molecule has 0 spiro atoms. The Balaban J connectivity index is 1.79. The third-order valence-corrected chi connectivity index (χ3v) is 6.86. The Morgan fingerprint density at radius 3 is 1.54 bits per heavy atom. The maximum Gasteiger partial charge on any atom is 0.275 e. The lowest BCUT2D eigenvalue weighted by Gasteiger charge is -2.16. The summed E-state index contributed by atoms with van der Waals surface area (Å²) in [4.78, 5) is 27.6. The molecule has 0 fully saturated rings. The average molecular weight is 505 g/mol. The Morgan fingerprint density at radius 1 is 0.657 bits per heavy atom. The molecule has 0 aliphatic carbocycles. The number of aromatic amines is 2. The van der Waals surface area contributed by atoms with E-state index in [4.69, 9.17) is 23.2 Å². The molecule has 5 rings (SSSR count). The minimum Gasteiger partial charge on any atom is -0.295 e. The summed E-state index contributed by atoms with van der Waals surface area (Å²) in [5.41, 5.74) is 3.85. The van der Waals surface area contributed by atoms with Gasteiger partial charge >= 0.3 is 0 Å². The first-order chi connectivity index (χ1) is 16.9. The highest BCUT2D eigenvalue weighted by Gasteiger charge is 2.31. The molecular formula is C27H22Cl2N4O2. The van der Waals surface area contributed by atoms with Crippen LogP contribution in [-0.2, 0) is 0 Å². The monoisotopic (exact) mass is 504 g/mol. The first kappa shape index (κ1) is 23.0. The van der Waals surface area contributed by atoms with E-state index >= 15 is 0 Å². The lowest BCUT2D eigenvalue weighted by molar-refractivity contribution is 0.830. The van der Waals surface area contributed by atoms with Crippen LogP contribution in [-0.4, -0.2) is 19.6 Å². The zero-order valence-electron chi connectivity index (χ0n) is 19.0. The highest BCUT2D eigenvalue weighted by atomic mass is 35.5. The van der Waals surface area contributed by atoms with E-state index in [-0.39, 0.29) is 11.1 Å². The molecule has 0 radical (unpaired) electrons. The second-order valence-corrected chi connectivity index (χ2v) is 9.17. The maximum absolute atomic E-state index is 13.8. The van der Waals surface area contributed by atoms with Crippen molar-refractivity contribution in [2.45, 2.75) is 19.8 Å². The van der Waals surface area contributed by atoms with Gasteiger partial charge in [0.15, 0.2) is 0 Å². The molecule has 0 unspecified atom stereocenters. The summed E-state index contributed by atoms with van der Waals surface area (Å²) in [6, 6.07) is 23.8. The SMILES string of the molecule is Cc1[nH]n(-c2ccccc2)c(=O)c1C(c1ccc(Cl)c(Cl)c1)c1c(C)[nH]n(-c2ccccc2)c1=O. The second-order valence-electron chi connectivity index (χ2n) is 8.36. The van der Waals surface area contributed by atoms with Gasteiger partial charge in [0.05, 0.1) is 32.5 Å². The molecule has 176 valence electrons. The molecule has 5 aromatic rings. The number of nitrogens with zero attached hydrogens (tertiary/aromatic N) is 2. The molecule has 0 aliphatic rings. The highest BCUT2D eigenvalue weighted by molar-refractivity contribution is 6.42. The van der Waals surface area contributed by atoms with Crippen molar-refractivity contribution in [1.29, 1.82) is 0 Å². The number of halogens is 2. The second kappa shape index (κ2) is 9.13. The van der Waals surface area contributed by atoms with Crippen LogP contribution in [0, 0.1) is 13.8 Å². The first-order valence-corrected chi connectivity index (χ1v) is 11.8. The summed E-state index contributed by atoms with van der Waals surface area (Å²) in [5, 5.41) is 7.10. The normalized spacial score (nSPS) is 11.3. The van der Waals surface area contributed by atoms with E-state index in [9.17, 15) is 9.59 Å². The predicted octanol–water partition coefficient (Wildman–Crippen LogP) is 5.75. The summed E-state index contributed by atoms with van der Waals surface area (Å²) < 4.78 is 2.99. The van der Waals surface area contributed by atoms with Gasteiger partial charge in [-0.1, -0.05) is 65.7 Å². The summed E-state index contributed by atoms with van der Waals surface area (Å²) in [6.45, 7) is 3.66. The van der Waals surface area contributed by atoms with Gasteiger partial charge in [0.1, 0.15) is 0 Å². The Kier molecular flexibility index (Phi) is 6.01. The average Bonchev–Trinajstić information content (AvgIpc) is 3.33. The summed E-state index contributed by atoms with van der Waals surface area (Å²) in [7, 11) is 0. The molecule has 0 atom stereocenters. The van der Waals surface area contributed by atoms with Crippen molar-refractivity contribution in [2.75, 3.05) is 0 Å². The van der Waals surface area contributed by atoms with E-state index in [0.29, 0.717) is 49.5 Å². The third-order valence-electron chi connectivity index (χ3n) is 6.12. The lowest BCUT2D eigenvalue weighted by atomic mass is 9.85. The molecular weight excluding hydrogens is 483 g/mol. The van der Waals surface area contributed by atoms with Crippen molar-refractivity contribution in [3.05, 3.63) is 138 Å². The largest absolute Gasteiger partial charge is 0.295 e. The lowest BCUT2D eigenvalue weighted by Crippen LogP contribution is -2.25. The van der Waals surface area contributed by atoms with E-state index < -0.39 is 5.92 Å². The number of H-pyrrole nitrogens is 2. The Labute approximate surface area is 211 Å². The summed E-state index contributed by atoms with van der Waals surface area (Å²) in [6.07, 6.45) is 0. The zero-order chi connectivity index (χ0) is 24.7. The van der Waals surface area contributed by atoms with E-state index in [2.05, 4.69) is 10.2 Å². The number of benzene rings is 3. The van der Waals surface area contributed by atoms with Gasteiger partial charge in [-0.3, -0.25) is 19.8 Å². The van der Waals surface area contributed by atoms with Gasteiger partial charge in [-0.15, -0.1) is 0 Å². The van der Waals surface area contributed by atoms with Gasteiger partial charge in [0, 0.05) is 17.3 Å². The van der Waals surface area contributed by atoms with E-state index in [0.717, 1.165) is 0 Å². The van der Waals surface area contributed by atoms with Gasteiger partial charge in [-0.25, -0.2) is 9.36 Å². The van der Waals surface area contributed by atoms with Crippen LogP contribution in [0.15, 0.2) is 88.5 Å². The van der Waals surface area contributed by atoms with Crippen LogP contribution in [0.2, 0.25) is 10.0 Å². The van der Waals surface area contributed by atoms with Crippen LogP contribution in [0.3, 0.4) is 0 Å². The van der Waals surface area contributed by atoms with Crippen molar-refractivity contribution >= 4 is 23.2 Å². The Morgan fingerprint density at radius 2 is 1.11 bits per heavy atom. The molecule has 2 heterocycles. The number of aromatic nitrogens is 4. The van der Waals surface area contributed by atoms with Crippen molar-refractivity contribution in [2.24, 2.45) is 0 Å². The minimum atomic E-state index is -0.674. The maximum atomic E-state index is 13.8. The van der Waals surface area contributed by atoms with Gasteiger partial charge in [-0.2, -0.15) is 0 Å². The third kappa shape index (κ3) is 4.05. The zero-order valence-corrected chi connectivity index (χ0v) is 20.6. The van der Waals surface area contributed by atoms with Gasteiger partial charge in [0.2, 0.25) is 0 Å². The van der Waals surface area contributed by atoms with Crippen LogP contribution >= 0.6 is 23.2 Å². The number of rotatable bonds is 5. The molecule has 2 N–H and O–H groups in total. The highest BCUT2D eigenvalue weighted by Crippen LogP contribution is 2.35. The number of para-hydroxylation sites is 2. The van der Waals surface area contributed by atoms with E-state index in [1.165, 1.54) is 9.36 Å². The molecule has 3 aromatic carbocycles. The molecule has 8 heteroatoms. The molecule has 0 bridgehead atoms. The molecule has 2 aromatic heterocycles. The number of hydrogen-bond acceptors (Lipinski definition) is 2. The Hall–Kier alpha value is -3.74. The van der Waals surface area contributed by atoms with Crippen molar-refractivity contribution in [1.82, 2.24) is 19.6 Å². The van der Waals surface area contributed by atoms with Crippen LogP contribution < -0.4 is 11.1 Å². The molecule has 0 saturated heterocycles. The standard InChI is InChI=1S/C27H22Cl2N4O2/c1-16-23(26(34)32(30-16)19-9-5-3-6-10-19)25(18-13-14-21(28)22(29)15-18)24-17(2)31-33(27(24)35)20-11-7-4-8-12-20/h3-15,25,30-31H,1-2H3. The fraction of sp³-hybridized carbons (Fsp3) is 0.111. The molecule has 0 aliphatic heterocycles. The van der Waals surface area contributed by atoms with E-state index in [1.807, 2.05) is 74.5 Å². The summed E-state index contributed by atoms with van der Waals surface area (Å²) in [5.74, 6) is -0.674. The topological polar surface area (TPSA) is 75.6 Å². The smallest absolute Gasteiger partial charge is 0.275 e. The minimum absolute atomic E-state index is 0.240. The molecule has 0 amide bonds. The predicted molar refractivity (Wildman–Crippen MR) is 140 cm³/mol. The van der Waals surface area contributed by atoms with Crippen molar-refractivity contribution in [3.8, 4) is 11.4 Å². The first-order valence-electron chi connectivity index (χ1n) is 11.1. The van der Waals surface area contributed by atoms with Gasteiger partial charge in [0.25, 0.3) is 11.1 Å². The fourth-order valence-corrected chi connectivity index (χ4v) is 4.79. The van der Waals surface area contributed by atoms with Crippen LogP contribution in [0.4, 0.5) is 0 Å². The van der Waals surface area contributed by atoms with Crippen LogP contribution in [0.25, 0.3) is 11.4 Å². The van der Waals surface area contributed by atoms with E-state index in [1.54, 1.807) is 18.2 Å². The number of aryl methyl sites for hydroxylation is 2. The molecule has 6 nitrogen and oxygen atoms in total.